The quantitative estimate of drug-likeness (QED) is 0.801. The Balaban J connectivity index is 2.83. The molecule has 1 aromatic rings. The Morgan fingerprint density at radius 2 is 1.89 bits per heavy atom. The first-order valence-electron chi connectivity index (χ1n) is 5.66. The van der Waals surface area contributed by atoms with E-state index in [4.69, 9.17) is 9.47 Å². The Morgan fingerprint density at radius 1 is 1.22 bits per heavy atom. The molecule has 5 heteroatoms. The molecule has 0 atom stereocenters. The van der Waals surface area contributed by atoms with Gasteiger partial charge in [0.2, 0.25) is 0 Å². The molecule has 1 aromatic carbocycles. The topological polar surface area (TPSA) is 18.5 Å². The average molecular weight is 262 g/mol. The van der Waals surface area contributed by atoms with Crippen molar-refractivity contribution in [3.05, 3.63) is 29.3 Å². The molecule has 0 unspecified atom stereocenters. The summed E-state index contributed by atoms with van der Waals surface area (Å²) in [6.07, 6.45) is -4.42. The molecule has 0 bridgehead atoms. The maximum absolute atomic E-state index is 12.7. The molecule has 2 nitrogen and oxygen atoms in total. The van der Waals surface area contributed by atoms with Gasteiger partial charge in [0, 0.05) is 6.61 Å². The normalized spacial score (nSPS) is 11.9. The van der Waals surface area contributed by atoms with E-state index in [-0.39, 0.29) is 12.4 Å². The van der Waals surface area contributed by atoms with Gasteiger partial charge in [0.1, 0.15) is 5.75 Å². The standard InChI is InChI=1S/C13H17F3O2/c1-9(2)7-18-8-10-4-5-12(17-3)11(6-10)13(14,15)16/h4-6,9H,7-8H2,1-3H3. The molecular weight excluding hydrogens is 245 g/mol. The summed E-state index contributed by atoms with van der Waals surface area (Å²) in [5.41, 5.74) is -0.278. The maximum Gasteiger partial charge on any atom is 0.419 e. The average Bonchev–Trinajstić information content (AvgIpc) is 2.27. The molecule has 0 heterocycles. The minimum Gasteiger partial charge on any atom is -0.496 e. The summed E-state index contributed by atoms with van der Waals surface area (Å²) >= 11 is 0. The molecule has 0 aliphatic heterocycles. The molecule has 0 amide bonds. The second-order valence-electron chi connectivity index (χ2n) is 4.44. The minimum atomic E-state index is -4.42. The van der Waals surface area contributed by atoms with Crippen LogP contribution in [0.3, 0.4) is 0 Å². The van der Waals surface area contributed by atoms with Crippen LogP contribution < -0.4 is 4.74 Å². The predicted molar refractivity (Wildman–Crippen MR) is 62.5 cm³/mol. The molecule has 0 aromatic heterocycles. The zero-order valence-electron chi connectivity index (χ0n) is 10.7. The first kappa shape index (κ1) is 14.8. The highest BCUT2D eigenvalue weighted by atomic mass is 19.4. The lowest BCUT2D eigenvalue weighted by atomic mass is 10.1. The third kappa shape index (κ3) is 4.22. The number of hydrogen-bond acceptors (Lipinski definition) is 2. The molecule has 102 valence electrons. The van der Waals surface area contributed by atoms with Crippen molar-refractivity contribution >= 4 is 0 Å². The Hall–Kier alpha value is -1.23. The summed E-state index contributed by atoms with van der Waals surface area (Å²) in [5.74, 6) is 0.181. The van der Waals surface area contributed by atoms with E-state index >= 15 is 0 Å². The van der Waals surface area contributed by atoms with Crippen LogP contribution in [0, 0.1) is 5.92 Å². The Kier molecular flexibility index (Phi) is 5.02. The summed E-state index contributed by atoms with van der Waals surface area (Å²) in [4.78, 5) is 0. The van der Waals surface area contributed by atoms with E-state index < -0.39 is 11.7 Å². The van der Waals surface area contributed by atoms with Crippen molar-refractivity contribution in [3.8, 4) is 5.75 Å². The molecule has 1 rings (SSSR count). The van der Waals surface area contributed by atoms with E-state index in [1.165, 1.54) is 13.2 Å². The fraction of sp³-hybridized carbons (Fsp3) is 0.538. The summed E-state index contributed by atoms with van der Waals surface area (Å²) < 4.78 is 48.3. The SMILES string of the molecule is COc1ccc(COCC(C)C)cc1C(F)(F)F. The second-order valence-corrected chi connectivity index (χ2v) is 4.44. The van der Waals surface area contributed by atoms with Crippen molar-refractivity contribution < 1.29 is 22.6 Å². The van der Waals surface area contributed by atoms with E-state index in [1.807, 2.05) is 13.8 Å². The largest absolute Gasteiger partial charge is 0.496 e. The molecular formula is C13H17F3O2. The summed E-state index contributed by atoms with van der Waals surface area (Å²) in [6.45, 7) is 4.66. The van der Waals surface area contributed by atoms with E-state index in [2.05, 4.69) is 0 Å². The fourth-order valence-electron chi connectivity index (χ4n) is 1.48. The van der Waals surface area contributed by atoms with Crippen molar-refractivity contribution in [2.75, 3.05) is 13.7 Å². The number of benzene rings is 1. The van der Waals surface area contributed by atoms with E-state index in [1.54, 1.807) is 6.07 Å². The molecule has 0 saturated heterocycles. The van der Waals surface area contributed by atoms with Crippen LogP contribution >= 0.6 is 0 Å². The van der Waals surface area contributed by atoms with Gasteiger partial charge in [0.05, 0.1) is 19.3 Å². The number of hydrogen-bond donors (Lipinski definition) is 0. The molecule has 0 spiro atoms. The third-order valence-electron chi connectivity index (χ3n) is 2.29. The van der Waals surface area contributed by atoms with Crippen LogP contribution in [0.2, 0.25) is 0 Å². The van der Waals surface area contributed by atoms with Gasteiger partial charge in [-0.3, -0.25) is 0 Å². The van der Waals surface area contributed by atoms with Crippen LogP contribution in [-0.2, 0) is 17.5 Å². The smallest absolute Gasteiger partial charge is 0.419 e. The highest BCUT2D eigenvalue weighted by Crippen LogP contribution is 2.36. The van der Waals surface area contributed by atoms with Gasteiger partial charge in [0.15, 0.2) is 0 Å². The zero-order chi connectivity index (χ0) is 13.8. The molecule has 18 heavy (non-hydrogen) atoms. The van der Waals surface area contributed by atoms with E-state index in [9.17, 15) is 13.2 Å². The van der Waals surface area contributed by atoms with Gasteiger partial charge in [-0.2, -0.15) is 13.2 Å². The van der Waals surface area contributed by atoms with Crippen molar-refractivity contribution in [1.82, 2.24) is 0 Å². The monoisotopic (exact) mass is 262 g/mol. The van der Waals surface area contributed by atoms with Gasteiger partial charge in [-0.1, -0.05) is 19.9 Å². The summed E-state index contributed by atoms with van der Waals surface area (Å²) in [5, 5.41) is 0. The second kappa shape index (κ2) is 6.09. The molecule has 0 aliphatic carbocycles. The van der Waals surface area contributed by atoms with Gasteiger partial charge in [-0.15, -0.1) is 0 Å². The van der Waals surface area contributed by atoms with Gasteiger partial charge in [-0.25, -0.2) is 0 Å². The summed E-state index contributed by atoms with van der Waals surface area (Å²) in [7, 11) is 1.22. The number of methoxy groups -OCH3 is 1. The number of alkyl halides is 3. The Morgan fingerprint density at radius 3 is 2.39 bits per heavy atom. The highest BCUT2D eigenvalue weighted by molar-refractivity contribution is 5.39. The highest BCUT2D eigenvalue weighted by Gasteiger charge is 2.34. The van der Waals surface area contributed by atoms with E-state index in [0.29, 0.717) is 18.1 Å². The third-order valence-corrected chi connectivity index (χ3v) is 2.29. The zero-order valence-corrected chi connectivity index (χ0v) is 10.7. The Labute approximate surface area is 105 Å². The van der Waals surface area contributed by atoms with Gasteiger partial charge < -0.3 is 9.47 Å². The number of ether oxygens (including phenoxy) is 2. The molecule has 0 N–H and O–H groups in total. The van der Waals surface area contributed by atoms with Crippen LogP contribution in [0.1, 0.15) is 25.0 Å². The number of rotatable bonds is 5. The molecule has 0 aliphatic rings. The number of halogens is 3. The lowest BCUT2D eigenvalue weighted by molar-refractivity contribution is -0.138. The molecule has 0 saturated carbocycles. The van der Waals surface area contributed by atoms with Crippen LogP contribution in [0.25, 0.3) is 0 Å². The van der Waals surface area contributed by atoms with Gasteiger partial charge in [0.25, 0.3) is 0 Å². The fourth-order valence-corrected chi connectivity index (χ4v) is 1.48. The first-order chi connectivity index (χ1) is 8.34. The lowest BCUT2D eigenvalue weighted by Gasteiger charge is -2.14. The van der Waals surface area contributed by atoms with Crippen LogP contribution in [0.15, 0.2) is 18.2 Å². The Bertz CT molecular complexity index is 386. The maximum atomic E-state index is 12.7. The molecule has 0 radical (unpaired) electrons. The first-order valence-corrected chi connectivity index (χ1v) is 5.66. The van der Waals surface area contributed by atoms with Gasteiger partial charge >= 0.3 is 6.18 Å². The summed E-state index contributed by atoms with van der Waals surface area (Å²) in [6, 6.07) is 3.96. The van der Waals surface area contributed by atoms with Crippen LogP contribution in [-0.4, -0.2) is 13.7 Å². The van der Waals surface area contributed by atoms with Crippen LogP contribution in [0.5, 0.6) is 5.75 Å². The van der Waals surface area contributed by atoms with Crippen molar-refractivity contribution in [3.63, 3.8) is 0 Å². The lowest BCUT2D eigenvalue weighted by Crippen LogP contribution is -2.09. The van der Waals surface area contributed by atoms with Crippen molar-refractivity contribution in [2.45, 2.75) is 26.6 Å². The predicted octanol–water partition coefficient (Wildman–Crippen LogP) is 3.89. The van der Waals surface area contributed by atoms with Gasteiger partial charge in [-0.05, 0) is 23.6 Å². The van der Waals surface area contributed by atoms with E-state index in [0.717, 1.165) is 6.07 Å². The van der Waals surface area contributed by atoms with Crippen molar-refractivity contribution in [2.24, 2.45) is 5.92 Å². The molecule has 0 fully saturated rings. The minimum absolute atomic E-state index is 0.171. The van der Waals surface area contributed by atoms with Crippen molar-refractivity contribution in [1.29, 1.82) is 0 Å². The van der Waals surface area contributed by atoms with Crippen LogP contribution in [0.4, 0.5) is 13.2 Å².